The molecule has 2 fully saturated rings. The molecule has 1 N–H and O–H groups in total. The number of rotatable bonds is 7. The number of esters is 1. The Morgan fingerprint density at radius 3 is 2.66 bits per heavy atom. The predicted molar refractivity (Wildman–Crippen MR) is 130 cm³/mol. The zero-order valence-electron chi connectivity index (χ0n) is 20.6. The number of alkyl halides is 2. The molecule has 1 unspecified atom stereocenters. The molecule has 1 saturated carbocycles. The second kappa shape index (κ2) is 8.71. The van der Waals surface area contributed by atoms with Gasteiger partial charge in [-0.25, -0.2) is 9.78 Å². The van der Waals surface area contributed by atoms with E-state index in [0.29, 0.717) is 30.5 Å². The van der Waals surface area contributed by atoms with Gasteiger partial charge < -0.3 is 15.0 Å². The highest BCUT2D eigenvalue weighted by Crippen LogP contribution is 2.60. The molecule has 2 aliphatic carbocycles. The second-order valence-corrected chi connectivity index (χ2v) is 10.0. The Balaban J connectivity index is 1.17. The number of amides is 2. The van der Waals surface area contributed by atoms with Crippen molar-refractivity contribution < 1.29 is 27.9 Å². The van der Waals surface area contributed by atoms with Gasteiger partial charge in [0, 0.05) is 28.1 Å². The van der Waals surface area contributed by atoms with Crippen LogP contribution in [0.25, 0.3) is 11.1 Å². The molecule has 196 valence electrons. The monoisotopic (exact) mass is 521 g/mol. The lowest BCUT2D eigenvalue weighted by molar-refractivity contribution is -0.153. The minimum atomic E-state index is -3.14. The molecule has 9 nitrogen and oxygen atoms in total. The molecule has 0 bridgehead atoms. The Kier molecular flexibility index (Phi) is 5.55. The van der Waals surface area contributed by atoms with Crippen LogP contribution in [0.3, 0.4) is 0 Å². The lowest BCUT2D eigenvalue weighted by Gasteiger charge is -2.26. The van der Waals surface area contributed by atoms with Crippen molar-refractivity contribution in [1.29, 1.82) is 0 Å². The summed E-state index contributed by atoms with van der Waals surface area (Å²) in [6.07, 6.45) is 4.18. The van der Waals surface area contributed by atoms with Gasteiger partial charge in [-0.05, 0) is 43.0 Å². The molecule has 38 heavy (non-hydrogen) atoms. The fraction of sp³-hybridized carbons (Fsp3) is 0.370. The van der Waals surface area contributed by atoms with Crippen LogP contribution in [0.4, 0.5) is 8.78 Å². The zero-order valence-corrected chi connectivity index (χ0v) is 20.6. The Bertz CT molecular complexity index is 1440. The SMILES string of the molecule is CCOC(=O)[C@@H]1C[C@@]2(Cn3cncn3)CC2N1C(=O)CNC(=O)c1ccc2c(c1)-c1ccccc1C2(F)F. The van der Waals surface area contributed by atoms with Crippen molar-refractivity contribution in [3.8, 4) is 11.1 Å². The number of carbonyl (C=O) groups excluding carboxylic acids is 3. The molecule has 1 aliphatic heterocycles. The average Bonchev–Trinajstić information content (AvgIpc) is 3.20. The van der Waals surface area contributed by atoms with Gasteiger partial charge in [0.2, 0.25) is 5.91 Å². The summed E-state index contributed by atoms with van der Waals surface area (Å²) in [7, 11) is 0. The fourth-order valence-corrected chi connectivity index (χ4v) is 5.96. The number of nitrogens with one attached hydrogen (secondary N) is 1. The molecule has 2 amide bonds. The molecule has 11 heteroatoms. The maximum absolute atomic E-state index is 14.8. The van der Waals surface area contributed by atoms with Crippen molar-refractivity contribution in [3.05, 3.63) is 71.8 Å². The third-order valence-corrected chi connectivity index (χ3v) is 7.78. The van der Waals surface area contributed by atoms with Crippen LogP contribution in [0.15, 0.2) is 55.1 Å². The highest BCUT2D eigenvalue weighted by atomic mass is 19.3. The van der Waals surface area contributed by atoms with E-state index in [1.54, 1.807) is 36.1 Å². The summed E-state index contributed by atoms with van der Waals surface area (Å²) in [6.45, 7) is 2.07. The maximum atomic E-state index is 14.8. The van der Waals surface area contributed by atoms with Crippen LogP contribution < -0.4 is 5.32 Å². The van der Waals surface area contributed by atoms with Crippen molar-refractivity contribution in [2.75, 3.05) is 13.2 Å². The number of aromatic nitrogens is 3. The summed E-state index contributed by atoms with van der Waals surface area (Å²) in [5.74, 6) is -4.59. The molecule has 0 radical (unpaired) electrons. The first-order valence-electron chi connectivity index (χ1n) is 12.5. The summed E-state index contributed by atoms with van der Waals surface area (Å²) in [5, 5.41) is 6.75. The van der Waals surface area contributed by atoms with E-state index in [0.717, 1.165) is 0 Å². The quantitative estimate of drug-likeness (QED) is 0.480. The number of nitrogens with zero attached hydrogens (tertiary/aromatic N) is 4. The first kappa shape index (κ1) is 24.2. The molecule has 3 aromatic rings. The molecule has 2 heterocycles. The van der Waals surface area contributed by atoms with E-state index in [-0.39, 0.29) is 41.3 Å². The van der Waals surface area contributed by atoms with Crippen LogP contribution in [0.2, 0.25) is 0 Å². The Morgan fingerprint density at radius 2 is 1.89 bits per heavy atom. The van der Waals surface area contributed by atoms with Crippen molar-refractivity contribution >= 4 is 17.8 Å². The van der Waals surface area contributed by atoms with Gasteiger partial charge >= 0.3 is 5.97 Å². The number of hydrogen-bond acceptors (Lipinski definition) is 6. The smallest absolute Gasteiger partial charge is 0.328 e. The molecule has 3 atom stereocenters. The number of ether oxygens (including phenoxy) is 1. The third-order valence-electron chi connectivity index (χ3n) is 7.78. The van der Waals surface area contributed by atoms with Gasteiger partial charge in [0.05, 0.1) is 19.7 Å². The van der Waals surface area contributed by atoms with Crippen molar-refractivity contribution in [3.63, 3.8) is 0 Å². The fourth-order valence-electron chi connectivity index (χ4n) is 5.96. The lowest BCUT2D eigenvalue weighted by atomic mass is 9.99. The van der Waals surface area contributed by atoms with Crippen molar-refractivity contribution in [2.45, 2.75) is 44.3 Å². The zero-order chi connectivity index (χ0) is 26.7. The summed E-state index contributed by atoms with van der Waals surface area (Å²) in [6, 6.07) is 9.30. The standard InChI is InChI=1S/C27H25F2N5O4/c1-2-38-25(37)21-10-26(13-33-15-30-14-32-33)11-22(26)34(21)23(35)12-31-24(36)16-7-8-20-18(9-16)17-5-3-4-6-19(17)27(20,28)29/h3-9,14-15,21-22H,2,10-13H2,1H3,(H,31,36)/t21-,22?,26-/m0/s1. The molecule has 1 saturated heterocycles. The van der Waals surface area contributed by atoms with Gasteiger partial charge in [-0.3, -0.25) is 14.3 Å². The van der Waals surface area contributed by atoms with E-state index < -0.39 is 29.7 Å². The molecule has 6 rings (SSSR count). The van der Waals surface area contributed by atoms with E-state index in [9.17, 15) is 23.2 Å². The number of likely N-dealkylation sites (tertiary alicyclic amines) is 1. The summed E-state index contributed by atoms with van der Waals surface area (Å²) >= 11 is 0. The topological polar surface area (TPSA) is 106 Å². The van der Waals surface area contributed by atoms with Gasteiger partial charge in [-0.15, -0.1) is 0 Å². The summed E-state index contributed by atoms with van der Waals surface area (Å²) in [4.78, 5) is 44.4. The normalized spacial score (nSPS) is 23.8. The van der Waals surface area contributed by atoms with E-state index in [1.807, 2.05) is 0 Å². The van der Waals surface area contributed by atoms with Crippen LogP contribution in [0.5, 0.6) is 0 Å². The van der Waals surface area contributed by atoms with Crippen LogP contribution in [0.1, 0.15) is 41.3 Å². The van der Waals surface area contributed by atoms with Crippen LogP contribution >= 0.6 is 0 Å². The minimum Gasteiger partial charge on any atom is -0.464 e. The second-order valence-electron chi connectivity index (χ2n) is 10.0. The maximum Gasteiger partial charge on any atom is 0.328 e. The highest BCUT2D eigenvalue weighted by molar-refractivity contribution is 5.99. The third kappa shape index (κ3) is 3.75. The number of carbonyl (C=O) groups is 3. The van der Waals surface area contributed by atoms with Gasteiger partial charge in [0.15, 0.2) is 0 Å². The predicted octanol–water partition coefficient (Wildman–Crippen LogP) is 2.75. The number of piperidine rings is 1. The molecule has 1 aromatic heterocycles. The number of hydrogen-bond donors (Lipinski definition) is 1. The average molecular weight is 522 g/mol. The van der Waals surface area contributed by atoms with Crippen molar-refractivity contribution in [1.82, 2.24) is 25.0 Å². The Morgan fingerprint density at radius 1 is 1.11 bits per heavy atom. The van der Waals surface area contributed by atoms with E-state index in [1.165, 1.54) is 35.5 Å². The Hall–Kier alpha value is -4.15. The van der Waals surface area contributed by atoms with Gasteiger partial charge in [-0.1, -0.05) is 30.3 Å². The minimum absolute atomic E-state index is 0.0967. The first-order chi connectivity index (χ1) is 18.2. The molecule has 2 aromatic carbocycles. The van der Waals surface area contributed by atoms with Crippen LogP contribution in [0, 0.1) is 5.41 Å². The van der Waals surface area contributed by atoms with E-state index >= 15 is 0 Å². The molecule has 3 aliphatic rings. The number of benzene rings is 2. The van der Waals surface area contributed by atoms with Crippen LogP contribution in [-0.2, 0) is 26.8 Å². The van der Waals surface area contributed by atoms with E-state index in [2.05, 4.69) is 15.4 Å². The molecule has 0 spiro atoms. The van der Waals surface area contributed by atoms with Gasteiger partial charge in [-0.2, -0.15) is 13.9 Å². The van der Waals surface area contributed by atoms with Crippen LogP contribution in [-0.4, -0.2) is 62.7 Å². The summed E-state index contributed by atoms with van der Waals surface area (Å²) in [5.41, 5.74) is 0.286. The number of fused-ring (bicyclic) bond motifs is 4. The van der Waals surface area contributed by atoms with Gasteiger partial charge in [0.25, 0.3) is 11.8 Å². The molecular weight excluding hydrogens is 496 g/mol. The van der Waals surface area contributed by atoms with Crippen molar-refractivity contribution in [2.24, 2.45) is 5.41 Å². The Labute approximate surface area is 216 Å². The van der Waals surface area contributed by atoms with Gasteiger partial charge in [0.1, 0.15) is 18.7 Å². The first-order valence-corrected chi connectivity index (χ1v) is 12.5. The highest BCUT2D eigenvalue weighted by Gasteiger charge is 2.67. The largest absolute Gasteiger partial charge is 0.464 e. The lowest BCUT2D eigenvalue weighted by Crippen LogP contribution is -2.48. The molecular formula is C27H25F2N5O4. The van der Waals surface area contributed by atoms with E-state index in [4.69, 9.17) is 4.74 Å². The number of halogens is 2. The summed E-state index contributed by atoms with van der Waals surface area (Å²) < 4.78 is 36.6.